The van der Waals surface area contributed by atoms with Crippen molar-refractivity contribution in [3.05, 3.63) is 66.7 Å². The summed E-state index contributed by atoms with van der Waals surface area (Å²) in [6.45, 7) is 0. The first-order chi connectivity index (χ1) is 12.2. The van der Waals surface area contributed by atoms with Crippen LogP contribution in [0.2, 0.25) is 0 Å². The average molecular weight is 335 g/mol. The van der Waals surface area contributed by atoms with Gasteiger partial charge in [0.1, 0.15) is 11.5 Å². The molecule has 0 aliphatic heterocycles. The number of nitrogens with one attached hydrogen (secondary N) is 1. The number of ether oxygens (including phenoxy) is 2. The fourth-order valence-corrected chi connectivity index (χ4v) is 2.35. The highest BCUT2D eigenvalue weighted by molar-refractivity contribution is 6.05. The van der Waals surface area contributed by atoms with Crippen molar-refractivity contribution in [1.29, 1.82) is 0 Å². The Morgan fingerprint density at radius 2 is 1.80 bits per heavy atom. The second kappa shape index (κ2) is 7.44. The van der Waals surface area contributed by atoms with Gasteiger partial charge in [0.2, 0.25) is 0 Å². The number of methoxy groups -OCH3 is 2. The van der Waals surface area contributed by atoms with Gasteiger partial charge >= 0.3 is 0 Å². The van der Waals surface area contributed by atoms with E-state index in [1.807, 2.05) is 12.1 Å². The van der Waals surface area contributed by atoms with Crippen molar-refractivity contribution in [3.8, 4) is 22.6 Å². The van der Waals surface area contributed by atoms with Crippen LogP contribution in [0.4, 0.5) is 5.69 Å². The maximum Gasteiger partial charge on any atom is 0.257 e. The maximum absolute atomic E-state index is 12.6. The zero-order chi connectivity index (χ0) is 17.6. The molecule has 0 aliphatic carbocycles. The zero-order valence-electron chi connectivity index (χ0n) is 13.9. The van der Waals surface area contributed by atoms with E-state index in [1.165, 1.54) is 13.3 Å². The molecule has 6 nitrogen and oxygen atoms in total. The SMILES string of the molecule is COc1ccc(NC(=O)c2cncc(-c3cccnc3)c2)c(OC)c1. The molecule has 0 saturated carbocycles. The highest BCUT2D eigenvalue weighted by Crippen LogP contribution is 2.29. The molecule has 1 amide bonds. The van der Waals surface area contributed by atoms with Crippen LogP contribution in [-0.4, -0.2) is 30.1 Å². The molecule has 126 valence electrons. The summed E-state index contributed by atoms with van der Waals surface area (Å²) >= 11 is 0. The van der Waals surface area contributed by atoms with Crippen LogP contribution in [0, 0.1) is 0 Å². The third-order valence-electron chi connectivity index (χ3n) is 3.65. The van der Waals surface area contributed by atoms with Gasteiger partial charge in [0.05, 0.1) is 25.5 Å². The van der Waals surface area contributed by atoms with Crippen molar-refractivity contribution in [2.75, 3.05) is 19.5 Å². The third-order valence-corrected chi connectivity index (χ3v) is 3.65. The molecule has 2 aromatic heterocycles. The number of anilines is 1. The van der Waals surface area contributed by atoms with Gasteiger partial charge in [-0.25, -0.2) is 0 Å². The number of amides is 1. The van der Waals surface area contributed by atoms with Crippen molar-refractivity contribution >= 4 is 11.6 Å². The highest BCUT2D eigenvalue weighted by atomic mass is 16.5. The molecular weight excluding hydrogens is 318 g/mol. The van der Waals surface area contributed by atoms with E-state index >= 15 is 0 Å². The first kappa shape index (κ1) is 16.4. The zero-order valence-corrected chi connectivity index (χ0v) is 13.9. The van der Waals surface area contributed by atoms with E-state index in [4.69, 9.17) is 9.47 Å². The van der Waals surface area contributed by atoms with Gasteiger partial charge in [0, 0.05) is 42.0 Å². The van der Waals surface area contributed by atoms with Crippen molar-refractivity contribution in [2.45, 2.75) is 0 Å². The molecule has 0 saturated heterocycles. The molecule has 0 fully saturated rings. The first-order valence-electron chi connectivity index (χ1n) is 7.60. The van der Waals surface area contributed by atoms with Crippen LogP contribution in [0.15, 0.2) is 61.2 Å². The molecule has 2 heterocycles. The van der Waals surface area contributed by atoms with Gasteiger partial charge < -0.3 is 14.8 Å². The van der Waals surface area contributed by atoms with Gasteiger partial charge in [0.15, 0.2) is 0 Å². The fraction of sp³-hybridized carbons (Fsp3) is 0.105. The minimum atomic E-state index is -0.276. The molecule has 25 heavy (non-hydrogen) atoms. The van der Waals surface area contributed by atoms with Gasteiger partial charge in [-0.3, -0.25) is 14.8 Å². The van der Waals surface area contributed by atoms with E-state index in [-0.39, 0.29) is 5.91 Å². The molecule has 1 aromatic carbocycles. The largest absolute Gasteiger partial charge is 0.497 e. The molecule has 3 rings (SSSR count). The summed E-state index contributed by atoms with van der Waals surface area (Å²) in [5, 5.41) is 2.83. The summed E-state index contributed by atoms with van der Waals surface area (Å²) < 4.78 is 10.5. The number of hydrogen-bond acceptors (Lipinski definition) is 5. The van der Waals surface area contributed by atoms with Crippen LogP contribution in [0.25, 0.3) is 11.1 Å². The summed E-state index contributed by atoms with van der Waals surface area (Å²) in [5.74, 6) is 0.890. The Kier molecular flexibility index (Phi) is 4.89. The molecule has 6 heteroatoms. The van der Waals surface area contributed by atoms with Crippen molar-refractivity contribution < 1.29 is 14.3 Å². The normalized spacial score (nSPS) is 10.2. The lowest BCUT2D eigenvalue weighted by molar-refractivity contribution is 0.102. The lowest BCUT2D eigenvalue weighted by atomic mass is 10.1. The Morgan fingerprint density at radius 1 is 0.960 bits per heavy atom. The molecule has 0 unspecified atom stereocenters. The van der Waals surface area contributed by atoms with Crippen LogP contribution in [0.5, 0.6) is 11.5 Å². The average Bonchev–Trinajstić information content (AvgIpc) is 2.69. The maximum atomic E-state index is 12.6. The fourth-order valence-electron chi connectivity index (χ4n) is 2.35. The molecule has 0 atom stereocenters. The van der Waals surface area contributed by atoms with Gasteiger partial charge in [-0.15, -0.1) is 0 Å². The minimum absolute atomic E-state index is 0.276. The number of hydrogen-bond donors (Lipinski definition) is 1. The molecule has 0 aliphatic rings. The Bertz CT molecular complexity index is 882. The van der Waals surface area contributed by atoms with Crippen molar-refractivity contribution in [2.24, 2.45) is 0 Å². The van der Waals surface area contributed by atoms with Gasteiger partial charge in [-0.1, -0.05) is 6.07 Å². The van der Waals surface area contributed by atoms with Crippen molar-refractivity contribution in [3.63, 3.8) is 0 Å². The second-order valence-corrected chi connectivity index (χ2v) is 5.22. The Hall–Kier alpha value is -3.41. The lowest BCUT2D eigenvalue weighted by Gasteiger charge is -2.12. The first-order valence-corrected chi connectivity index (χ1v) is 7.60. The summed E-state index contributed by atoms with van der Waals surface area (Å²) in [6.07, 6.45) is 6.64. The summed E-state index contributed by atoms with van der Waals surface area (Å²) in [6, 6.07) is 10.7. The van der Waals surface area contributed by atoms with E-state index in [1.54, 1.807) is 50.0 Å². The molecule has 0 bridgehead atoms. The number of pyridine rings is 2. The highest BCUT2D eigenvalue weighted by Gasteiger charge is 2.12. The lowest BCUT2D eigenvalue weighted by Crippen LogP contribution is -2.13. The molecule has 0 spiro atoms. The predicted molar refractivity (Wildman–Crippen MR) is 95.0 cm³/mol. The van der Waals surface area contributed by atoms with Crippen LogP contribution in [0.1, 0.15) is 10.4 Å². The van der Waals surface area contributed by atoms with Gasteiger partial charge in [-0.05, 0) is 24.3 Å². The predicted octanol–water partition coefficient (Wildman–Crippen LogP) is 3.41. The van der Waals surface area contributed by atoms with E-state index in [0.29, 0.717) is 22.7 Å². The Morgan fingerprint density at radius 3 is 2.52 bits per heavy atom. The molecule has 3 aromatic rings. The Balaban J connectivity index is 1.85. The van der Waals surface area contributed by atoms with Gasteiger partial charge in [-0.2, -0.15) is 0 Å². The number of aromatic nitrogens is 2. The number of carbonyl (C=O) groups excluding carboxylic acids is 1. The number of nitrogens with zero attached hydrogens (tertiary/aromatic N) is 2. The Labute approximate surface area is 145 Å². The van der Waals surface area contributed by atoms with E-state index < -0.39 is 0 Å². The second-order valence-electron chi connectivity index (χ2n) is 5.22. The van der Waals surface area contributed by atoms with Crippen LogP contribution >= 0.6 is 0 Å². The minimum Gasteiger partial charge on any atom is -0.497 e. The van der Waals surface area contributed by atoms with Crippen LogP contribution in [-0.2, 0) is 0 Å². The molecular formula is C19H17N3O3. The smallest absolute Gasteiger partial charge is 0.257 e. The van der Waals surface area contributed by atoms with Gasteiger partial charge in [0.25, 0.3) is 5.91 Å². The van der Waals surface area contributed by atoms with E-state index in [0.717, 1.165) is 11.1 Å². The number of rotatable bonds is 5. The third kappa shape index (κ3) is 3.74. The van der Waals surface area contributed by atoms with E-state index in [9.17, 15) is 4.79 Å². The monoisotopic (exact) mass is 335 g/mol. The quantitative estimate of drug-likeness (QED) is 0.773. The van der Waals surface area contributed by atoms with Crippen LogP contribution < -0.4 is 14.8 Å². The number of benzene rings is 1. The van der Waals surface area contributed by atoms with E-state index in [2.05, 4.69) is 15.3 Å². The van der Waals surface area contributed by atoms with Crippen LogP contribution in [0.3, 0.4) is 0 Å². The summed E-state index contributed by atoms with van der Waals surface area (Å²) in [4.78, 5) is 20.8. The number of carbonyl (C=O) groups is 1. The standard InChI is InChI=1S/C19H17N3O3/c1-24-16-5-6-17(18(9-16)25-2)22-19(23)15-8-14(11-21-12-15)13-4-3-7-20-10-13/h3-12H,1-2H3,(H,22,23). The topological polar surface area (TPSA) is 73.3 Å². The molecule has 0 radical (unpaired) electrons. The van der Waals surface area contributed by atoms with Crippen molar-refractivity contribution in [1.82, 2.24) is 9.97 Å². The summed E-state index contributed by atoms with van der Waals surface area (Å²) in [5.41, 5.74) is 2.72. The molecule has 1 N–H and O–H groups in total. The summed E-state index contributed by atoms with van der Waals surface area (Å²) in [7, 11) is 3.11.